The Bertz CT molecular complexity index is 936. The van der Waals surface area contributed by atoms with Gasteiger partial charge in [-0.2, -0.15) is 0 Å². The molecule has 0 bridgehead atoms. The Hall–Kier alpha value is -3.12. The Kier molecular flexibility index (Phi) is 6.90. The van der Waals surface area contributed by atoms with Crippen molar-refractivity contribution in [1.29, 1.82) is 0 Å². The minimum absolute atomic E-state index is 0.0123. The van der Waals surface area contributed by atoms with E-state index in [2.05, 4.69) is 0 Å². The molecule has 2 aromatic rings. The Morgan fingerprint density at radius 3 is 2.50 bits per heavy atom. The lowest BCUT2D eigenvalue weighted by Gasteiger charge is -2.25. The molecule has 158 valence electrons. The van der Waals surface area contributed by atoms with Gasteiger partial charge in [-0.1, -0.05) is 42.5 Å². The second-order valence-electron chi connectivity index (χ2n) is 7.28. The molecule has 1 heterocycles. The van der Waals surface area contributed by atoms with Gasteiger partial charge in [0.25, 0.3) is 11.7 Å². The van der Waals surface area contributed by atoms with Gasteiger partial charge in [-0.15, -0.1) is 0 Å². The summed E-state index contributed by atoms with van der Waals surface area (Å²) >= 11 is 0. The first-order valence-corrected chi connectivity index (χ1v) is 10.1. The number of hydrogen-bond donors (Lipinski definition) is 1. The summed E-state index contributed by atoms with van der Waals surface area (Å²) in [5.74, 6) is -0.972. The van der Waals surface area contributed by atoms with Crippen molar-refractivity contribution in [2.45, 2.75) is 32.9 Å². The molecule has 0 aliphatic carbocycles. The third-order valence-electron chi connectivity index (χ3n) is 4.86. The lowest BCUT2D eigenvalue weighted by Crippen LogP contribution is -2.33. The second kappa shape index (κ2) is 9.59. The van der Waals surface area contributed by atoms with E-state index < -0.39 is 17.7 Å². The predicted molar refractivity (Wildman–Crippen MR) is 114 cm³/mol. The van der Waals surface area contributed by atoms with Crippen LogP contribution in [0.4, 0.5) is 0 Å². The van der Waals surface area contributed by atoms with Crippen molar-refractivity contribution in [2.24, 2.45) is 0 Å². The van der Waals surface area contributed by atoms with E-state index in [9.17, 15) is 14.7 Å². The standard InChI is InChI=1S/C24H27NO5/c1-4-29-19-12-8-11-18(15-19)22(26)20-21(17-9-6-5-7-10-17)25(24(28)23(20)27)13-14-30-16(2)3/h5-12,15-16,21,26H,4,13-14H2,1-3H3/b22-20-. The van der Waals surface area contributed by atoms with Crippen molar-refractivity contribution >= 4 is 17.4 Å². The van der Waals surface area contributed by atoms with Crippen LogP contribution in [0.3, 0.4) is 0 Å². The maximum Gasteiger partial charge on any atom is 0.295 e. The molecular formula is C24H27NO5. The average molecular weight is 409 g/mol. The number of carbonyl (C=O) groups is 2. The van der Waals surface area contributed by atoms with Crippen LogP contribution < -0.4 is 4.74 Å². The summed E-state index contributed by atoms with van der Waals surface area (Å²) < 4.78 is 11.1. The Labute approximate surface area is 176 Å². The van der Waals surface area contributed by atoms with Gasteiger partial charge < -0.3 is 19.5 Å². The third kappa shape index (κ3) is 4.54. The van der Waals surface area contributed by atoms with Crippen molar-refractivity contribution in [3.8, 4) is 5.75 Å². The van der Waals surface area contributed by atoms with Crippen molar-refractivity contribution in [3.63, 3.8) is 0 Å². The van der Waals surface area contributed by atoms with Crippen molar-refractivity contribution in [3.05, 3.63) is 71.3 Å². The number of hydrogen-bond acceptors (Lipinski definition) is 5. The number of ketones is 1. The molecule has 1 fully saturated rings. The molecule has 1 atom stereocenters. The number of benzene rings is 2. The van der Waals surface area contributed by atoms with Gasteiger partial charge in [0.1, 0.15) is 11.5 Å². The highest BCUT2D eigenvalue weighted by Crippen LogP contribution is 2.39. The van der Waals surface area contributed by atoms with Gasteiger partial charge in [0.2, 0.25) is 0 Å². The average Bonchev–Trinajstić information content (AvgIpc) is 2.99. The number of carbonyl (C=O) groups excluding carboxylic acids is 2. The van der Waals surface area contributed by atoms with E-state index in [1.165, 1.54) is 4.90 Å². The molecule has 1 unspecified atom stereocenters. The van der Waals surface area contributed by atoms with Gasteiger partial charge in [-0.3, -0.25) is 9.59 Å². The fraction of sp³-hybridized carbons (Fsp3) is 0.333. The molecule has 1 saturated heterocycles. The van der Waals surface area contributed by atoms with Crippen LogP contribution in [-0.4, -0.2) is 47.6 Å². The molecular weight excluding hydrogens is 382 g/mol. The summed E-state index contributed by atoms with van der Waals surface area (Å²) in [6, 6.07) is 15.4. The van der Waals surface area contributed by atoms with Crippen LogP contribution in [0.2, 0.25) is 0 Å². The number of likely N-dealkylation sites (tertiary alicyclic amines) is 1. The zero-order valence-electron chi connectivity index (χ0n) is 17.5. The minimum Gasteiger partial charge on any atom is -0.507 e. The zero-order valence-corrected chi connectivity index (χ0v) is 17.5. The van der Waals surface area contributed by atoms with E-state index in [0.29, 0.717) is 24.5 Å². The SMILES string of the molecule is CCOc1cccc(/C(O)=C2/C(=O)C(=O)N(CCOC(C)C)C2c2ccccc2)c1. The predicted octanol–water partition coefficient (Wildman–Crippen LogP) is 3.93. The van der Waals surface area contributed by atoms with Gasteiger partial charge >= 0.3 is 0 Å². The maximum atomic E-state index is 12.9. The molecule has 0 aromatic heterocycles. The van der Waals surface area contributed by atoms with Crippen LogP contribution >= 0.6 is 0 Å². The number of amides is 1. The number of rotatable bonds is 8. The molecule has 1 aliphatic heterocycles. The summed E-state index contributed by atoms with van der Waals surface area (Å²) in [6.45, 7) is 6.72. The fourth-order valence-electron chi connectivity index (χ4n) is 3.53. The number of aliphatic hydroxyl groups excluding tert-OH is 1. The minimum atomic E-state index is -0.701. The normalized spacial score (nSPS) is 18.3. The molecule has 1 N–H and O–H groups in total. The van der Waals surface area contributed by atoms with E-state index in [0.717, 1.165) is 5.56 Å². The summed E-state index contributed by atoms with van der Waals surface area (Å²) in [5.41, 5.74) is 1.26. The third-order valence-corrected chi connectivity index (χ3v) is 4.86. The maximum absolute atomic E-state index is 12.9. The summed E-state index contributed by atoms with van der Waals surface area (Å²) in [6.07, 6.45) is 0.0123. The highest BCUT2D eigenvalue weighted by atomic mass is 16.5. The first kappa shape index (κ1) is 21.6. The van der Waals surface area contributed by atoms with Gasteiger partial charge in [0.15, 0.2) is 0 Å². The molecule has 30 heavy (non-hydrogen) atoms. The number of aliphatic hydroxyl groups is 1. The molecule has 2 aromatic carbocycles. The quantitative estimate of drug-likeness (QED) is 0.406. The highest BCUT2D eigenvalue weighted by Gasteiger charge is 2.45. The van der Waals surface area contributed by atoms with E-state index >= 15 is 0 Å². The lowest BCUT2D eigenvalue weighted by molar-refractivity contribution is -0.140. The summed E-state index contributed by atoms with van der Waals surface area (Å²) in [5, 5.41) is 11.1. The molecule has 0 radical (unpaired) electrons. The van der Waals surface area contributed by atoms with Crippen LogP contribution in [0.25, 0.3) is 5.76 Å². The van der Waals surface area contributed by atoms with Crippen LogP contribution in [0.15, 0.2) is 60.2 Å². The highest BCUT2D eigenvalue weighted by molar-refractivity contribution is 6.46. The van der Waals surface area contributed by atoms with Crippen LogP contribution in [0.5, 0.6) is 5.75 Å². The van der Waals surface area contributed by atoms with Crippen LogP contribution in [0, 0.1) is 0 Å². The largest absolute Gasteiger partial charge is 0.507 e. The Balaban J connectivity index is 2.06. The Morgan fingerprint density at radius 1 is 1.10 bits per heavy atom. The molecule has 1 aliphatic rings. The van der Waals surface area contributed by atoms with Crippen molar-refractivity contribution in [1.82, 2.24) is 4.90 Å². The molecule has 0 spiro atoms. The van der Waals surface area contributed by atoms with E-state index in [1.807, 2.05) is 51.1 Å². The van der Waals surface area contributed by atoms with E-state index in [-0.39, 0.29) is 24.0 Å². The summed E-state index contributed by atoms with van der Waals surface area (Å²) in [4.78, 5) is 27.2. The van der Waals surface area contributed by atoms with Gasteiger partial charge in [-0.25, -0.2) is 0 Å². The van der Waals surface area contributed by atoms with Crippen molar-refractivity contribution < 1.29 is 24.2 Å². The van der Waals surface area contributed by atoms with Crippen LogP contribution in [-0.2, 0) is 14.3 Å². The molecule has 3 rings (SSSR count). The zero-order chi connectivity index (χ0) is 21.7. The molecule has 6 heteroatoms. The first-order valence-electron chi connectivity index (χ1n) is 10.1. The molecule has 1 amide bonds. The topological polar surface area (TPSA) is 76.1 Å². The number of Topliss-reactive ketones (excluding diaryl/α,β-unsaturated/α-hetero) is 1. The smallest absolute Gasteiger partial charge is 0.295 e. The van der Waals surface area contributed by atoms with Crippen LogP contribution in [0.1, 0.15) is 37.9 Å². The number of nitrogens with zero attached hydrogens (tertiary/aromatic N) is 1. The van der Waals surface area contributed by atoms with Gasteiger partial charge in [0, 0.05) is 12.1 Å². The van der Waals surface area contributed by atoms with Crippen molar-refractivity contribution in [2.75, 3.05) is 19.8 Å². The Morgan fingerprint density at radius 2 is 1.83 bits per heavy atom. The van der Waals surface area contributed by atoms with Gasteiger partial charge in [-0.05, 0) is 38.5 Å². The lowest BCUT2D eigenvalue weighted by atomic mass is 9.95. The van der Waals surface area contributed by atoms with E-state index in [4.69, 9.17) is 9.47 Å². The van der Waals surface area contributed by atoms with Gasteiger partial charge in [0.05, 0.1) is 30.9 Å². The second-order valence-corrected chi connectivity index (χ2v) is 7.28. The summed E-state index contributed by atoms with van der Waals surface area (Å²) in [7, 11) is 0. The van der Waals surface area contributed by atoms with E-state index in [1.54, 1.807) is 24.3 Å². The monoisotopic (exact) mass is 409 g/mol. The first-order chi connectivity index (χ1) is 14.4. The molecule has 6 nitrogen and oxygen atoms in total. The number of ether oxygens (including phenoxy) is 2. The molecule has 0 saturated carbocycles. The fourth-order valence-corrected chi connectivity index (χ4v) is 3.53.